The average molecular weight is 488 g/mol. The van der Waals surface area contributed by atoms with Gasteiger partial charge < -0.3 is 19.7 Å². The van der Waals surface area contributed by atoms with E-state index in [0.717, 1.165) is 5.56 Å². The molecule has 1 atom stereocenters. The Morgan fingerprint density at radius 1 is 1.00 bits per heavy atom. The fraction of sp³-hybridized carbons (Fsp3) is 0.241. The van der Waals surface area contributed by atoms with Gasteiger partial charge in [-0.1, -0.05) is 38.1 Å². The summed E-state index contributed by atoms with van der Waals surface area (Å²) < 4.78 is 11.3. The lowest BCUT2D eigenvalue weighted by atomic mass is 9.94. The predicted molar refractivity (Wildman–Crippen MR) is 137 cm³/mol. The topological polar surface area (TPSA) is 96.3 Å². The first kappa shape index (κ1) is 24.9. The molecule has 7 heteroatoms. The smallest absolute Gasteiger partial charge is 0.300 e. The summed E-state index contributed by atoms with van der Waals surface area (Å²) in [6.45, 7) is 6.52. The number of phenols is 1. The summed E-state index contributed by atoms with van der Waals surface area (Å²) in [4.78, 5) is 28.0. The average Bonchev–Trinajstić information content (AvgIpc) is 3.13. The quantitative estimate of drug-likeness (QED) is 0.264. The van der Waals surface area contributed by atoms with Gasteiger partial charge in [0.2, 0.25) is 0 Å². The van der Waals surface area contributed by atoms with Gasteiger partial charge in [-0.25, -0.2) is 0 Å². The number of carbonyl (C=O) groups excluding carboxylic acids is 2. The summed E-state index contributed by atoms with van der Waals surface area (Å²) >= 11 is 0. The molecule has 1 aliphatic rings. The van der Waals surface area contributed by atoms with Crippen molar-refractivity contribution in [1.29, 1.82) is 0 Å². The van der Waals surface area contributed by atoms with Crippen LogP contribution in [-0.4, -0.2) is 35.6 Å². The van der Waals surface area contributed by atoms with Gasteiger partial charge in [-0.2, -0.15) is 0 Å². The maximum Gasteiger partial charge on any atom is 0.300 e. The summed E-state index contributed by atoms with van der Waals surface area (Å²) in [6, 6.07) is 17.3. The van der Waals surface area contributed by atoms with Crippen LogP contribution in [0.4, 0.5) is 5.69 Å². The third-order valence-electron chi connectivity index (χ3n) is 6.02. The summed E-state index contributed by atoms with van der Waals surface area (Å²) in [5.74, 6) is -0.394. The van der Waals surface area contributed by atoms with Crippen molar-refractivity contribution in [1.82, 2.24) is 0 Å². The number of hydrogen-bond donors (Lipinski definition) is 2. The second kappa shape index (κ2) is 10.2. The first-order valence-corrected chi connectivity index (χ1v) is 11.7. The lowest BCUT2D eigenvalue weighted by Crippen LogP contribution is -2.29. The highest BCUT2D eigenvalue weighted by Crippen LogP contribution is 2.45. The molecule has 0 saturated carbocycles. The lowest BCUT2D eigenvalue weighted by Gasteiger charge is -2.26. The molecule has 1 heterocycles. The first-order valence-electron chi connectivity index (χ1n) is 11.7. The highest BCUT2D eigenvalue weighted by atomic mass is 16.5. The summed E-state index contributed by atoms with van der Waals surface area (Å²) in [7, 11) is 1.48. The van der Waals surface area contributed by atoms with Crippen molar-refractivity contribution in [2.45, 2.75) is 26.8 Å². The molecule has 1 aliphatic heterocycles. The fourth-order valence-electron chi connectivity index (χ4n) is 4.25. The second-order valence-electron chi connectivity index (χ2n) is 9.12. The molecule has 0 aliphatic carbocycles. The highest BCUT2D eigenvalue weighted by Gasteiger charge is 2.47. The number of benzene rings is 3. The SMILES string of the molecule is COc1ccccc1N1C(=O)C(=O)/C(=C(\O)c2ccc(OCC(C)C)c(C)c2)C1c1ccc(O)cc1. The van der Waals surface area contributed by atoms with E-state index in [1.807, 2.05) is 6.92 Å². The summed E-state index contributed by atoms with van der Waals surface area (Å²) in [6.07, 6.45) is 0. The Morgan fingerprint density at radius 3 is 2.33 bits per heavy atom. The molecule has 1 amide bonds. The molecule has 3 aromatic carbocycles. The number of para-hydroxylation sites is 2. The van der Waals surface area contributed by atoms with Gasteiger partial charge in [0.15, 0.2) is 0 Å². The second-order valence-corrected chi connectivity index (χ2v) is 9.12. The number of amides is 1. The van der Waals surface area contributed by atoms with E-state index in [-0.39, 0.29) is 17.1 Å². The van der Waals surface area contributed by atoms with Gasteiger partial charge in [-0.3, -0.25) is 14.5 Å². The normalized spacial score (nSPS) is 17.0. The number of anilines is 1. The number of hydrogen-bond acceptors (Lipinski definition) is 6. The number of aliphatic hydroxyl groups is 1. The number of aromatic hydroxyl groups is 1. The number of ether oxygens (including phenoxy) is 2. The van der Waals surface area contributed by atoms with E-state index in [2.05, 4.69) is 13.8 Å². The van der Waals surface area contributed by atoms with Crippen LogP contribution in [0.2, 0.25) is 0 Å². The standard InChI is InChI=1S/C29H29NO6/c1-17(2)16-36-23-14-11-20(15-18(23)3)27(32)25-26(19-9-12-21(31)13-10-19)30(29(34)28(25)33)22-7-5-6-8-24(22)35-4/h5-15,17,26,31-32H,16H2,1-4H3/b27-25-. The van der Waals surface area contributed by atoms with Crippen molar-refractivity contribution in [3.8, 4) is 17.2 Å². The van der Waals surface area contributed by atoms with Gasteiger partial charge >= 0.3 is 0 Å². The van der Waals surface area contributed by atoms with E-state index >= 15 is 0 Å². The minimum Gasteiger partial charge on any atom is -0.508 e. The van der Waals surface area contributed by atoms with Gasteiger partial charge in [-0.05, 0) is 66.4 Å². The molecule has 1 saturated heterocycles. The van der Waals surface area contributed by atoms with E-state index in [4.69, 9.17) is 9.47 Å². The van der Waals surface area contributed by atoms with E-state index in [1.165, 1.54) is 24.1 Å². The van der Waals surface area contributed by atoms with E-state index in [1.54, 1.807) is 54.6 Å². The zero-order chi connectivity index (χ0) is 26.0. The number of aryl methyl sites for hydroxylation is 1. The van der Waals surface area contributed by atoms with Crippen LogP contribution in [0.1, 0.15) is 36.6 Å². The Kier molecular flexibility index (Phi) is 7.01. The van der Waals surface area contributed by atoms with Gasteiger partial charge in [0.25, 0.3) is 11.7 Å². The molecule has 7 nitrogen and oxygen atoms in total. The van der Waals surface area contributed by atoms with Crippen LogP contribution >= 0.6 is 0 Å². The molecule has 36 heavy (non-hydrogen) atoms. The van der Waals surface area contributed by atoms with E-state index < -0.39 is 17.7 Å². The largest absolute Gasteiger partial charge is 0.508 e. The van der Waals surface area contributed by atoms with Gasteiger partial charge in [0.1, 0.15) is 23.0 Å². The zero-order valence-corrected chi connectivity index (χ0v) is 20.7. The van der Waals surface area contributed by atoms with Crippen molar-refractivity contribution in [3.05, 3.63) is 89.0 Å². The van der Waals surface area contributed by atoms with Crippen LogP contribution in [0.3, 0.4) is 0 Å². The molecular weight excluding hydrogens is 458 g/mol. The molecule has 1 unspecified atom stereocenters. The van der Waals surface area contributed by atoms with E-state index in [0.29, 0.717) is 40.8 Å². The molecule has 3 aromatic rings. The number of phenolic OH excluding ortho intramolecular Hbond substituents is 1. The van der Waals surface area contributed by atoms with Crippen molar-refractivity contribution in [2.24, 2.45) is 5.92 Å². The minimum absolute atomic E-state index is 0.0422. The van der Waals surface area contributed by atoms with Crippen LogP contribution in [0.25, 0.3) is 5.76 Å². The zero-order valence-electron chi connectivity index (χ0n) is 20.7. The number of ketones is 1. The number of carbonyl (C=O) groups is 2. The highest BCUT2D eigenvalue weighted by molar-refractivity contribution is 6.51. The van der Waals surface area contributed by atoms with Gasteiger partial charge in [0.05, 0.1) is 31.0 Å². The molecular formula is C29H29NO6. The monoisotopic (exact) mass is 487 g/mol. The maximum atomic E-state index is 13.4. The third-order valence-corrected chi connectivity index (χ3v) is 6.02. The number of Topliss-reactive ketones (excluding diaryl/α,β-unsaturated/α-hetero) is 1. The third kappa shape index (κ3) is 4.64. The van der Waals surface area contributed by atoms with Crippen molar-refractivity contribution in [3.63, 3.8) is 0 Å². The number of methoxy groups -OCH3 is 1. The molecule has 0 radical (unpaired) electrons. The minimum atomic E-state index is -0.931. The van der Waals surface area contributed by atoms with Crippen LogP contribution in [-0.2, 0) is 9.59 Å². The first-order chi connectivity index (χ1) is 17.2. The summed E-state index contributed by atoms with van der Waals surface area (Å²) in [5.41, 5.74) is 2.08. The molecule has 186 valence electrons. The number of aliphatic hydroxyl groups excluding tert-OH is 1. The molecule has 4 rings (SSSR count). The predicted octanol–water partition coefficient (Wildman–Crippen LogP) is 5.37. The molecule has 0 bridgehead atoms. The van der Waals surface area contributed by atoms with Crippen LogP contribution in [0.15, 0.2) is 72.3 Å². The van der Waals surface area contributed by atoms with Crippen molar-refractivity contribution < 1.29 is 29.3 Å². The molecule has 2 N–H and O–H groups in total. The Labute approximate surface area is 210 Å². The van der Waals surface area contributed by atoms with E-state index in [9.17, 15) is 19.8 Å². The van der Waals surface area contributed by atoms with Crippen LogP contribution in [0.5, 0.6) is 17.2 Å². The van der Waals surface area contributed by atoms with Crippen LogP contribution in [0, 0.1) is 12.8 Å². The van der Waals surface area contributed by atoms with Crippen LogP contribution < -0.4 is 14.4 Å². The van der Waals surface area contributed by atoms with Crippen molar-refractivity contribution in [2.75, 3.05) is 18.6 Å². The maximum absolute atomic E-state index is 13.4. The Morgan fingerprint density at radius 2 is 1.69 bits per heavy atom. The van der Waals surface area contributed by atoms with Gasteiger partial charge in [0, 0.05) is 5.56 Å². The van der Waals surface area contributed by atoms with Crippen molar-refractivity contribution >= 4 is 23.1 Å². The Bertz CT molecular complexity index is 1330. The number of rotatable bonds is 7. The fourth-order valence-corrected chi connectivity index (χ4v) is 4.25. The molecule has 1 fully saturated rings. The molecule has 0 spiro atoms. The molecule has 0 aromatic heterocycles. The van der Waals surface area contributed by atoms with Gasteiger partial charge in [-0.15, -0.1) is 0 Å². The lowest BCUT2D eigenvalue weighted by molar-refractivity contribution is -0.132. The number of nitrogens with zero attached hydrogens (tertiary/aromatic N) is 1. The Balaban J connectivity index is 1.87. The summed E-state index contributed by atoms with van der Waals surface area (Å²) in [5, 5.41) is 21.2. The Hall–Kier alpha value is -4.26.